The summed E-state index contributed by atoms with van der Waals surface area (Å²) in [6.07, 6.45) is 0. The number of hydrogen-bond acceptors (Lipinski definition) is 6. The standard InChI is InChI=1S/HIO6/c2-1(3,4,5,6)7/h2H/q-4. The maximum absolute atomic E-state index is 9.37. The maximum atomic E-state index is 8.77. The fourth-order valence-corrected chi connectivity index (χ4v) is 0. The van der Waals surface area contributed by atoms with Gasteiger partial charge in [0, 0.05) is 0 Å². The summed E-state index contributed by atoms with van der Waals surface area (Å²) in [5.74, 6) is 0. The third-order valence-corrected chi connectivity index (χ3v) is 0. The third-order valence-electron chi connectivity index (χ3n) is 0. The van der Waals surface area contributed by atoms with Crippen LogP contribution in [0.3, 0.4) is 0 Å². The Morgan fingerprint density at radius 3 is 0.857 bits per heavy atom. The van der Waals surface area contributed by atoms with Crippen LogP contribution in [0.15, 0.2) is 0 Å². The van der Waals surface area contributed by atoms with Crippen LogP contribution >= 0.6 is 0 Å². The van der Waals surface area contributed by atoms with E-state index in [1.807, 2.05) is 0 Å². The zero-order chi connectivity index (χ0) is 6.41. The van der Waals surface area contributed by atoms with E-state index in [4.69, 9.17) is 20.6 Å². The second-order valence-electron chi connectivity index (χ2n) is 0.975. The minimum atomic E-state index is -9.37. The Labute approximate surface area is 39.3 Å². The first-order valence-corrected chi connectivity index (χ1v) is 6.31. The molecule has 0 heterocycles. The molecule has 0 aromatic heterocycles. The molecule has 0 fully saturated rings. The van der Waals surface area contributed by atoms with Gasteiger partial charge in [-0.3, -0.25) is 0 Å². The fraction of sp³-hybridized carbons (Fsp3) is 0. The molecule has 0 aromatic carbocycles. The van der Waals surface area contributed by atoms with Gasteiger partial charge in [0.1, 0.15) is 0 Å². The second kappa shape index (κ2) is 0.815. The van der Waals surface area contributed by atoms with Crippen LogP contribution in [0.4, 0.5) is 0 Å². The molecule has 0 rings (SSSR count). The van der Waals surface area contributed by atoms with Crippen LogP contribution in [0.2, 0.25) is 0 Å². The van der Waals surface area contributed by atoms with Gasteiger partial charge >= 0.3 is 38.8 Å². The molecule has 0 saturated carbocycles. The molecule has 0 amide bonds. The number of halogens is 1. The van der Waals surface area contributed by atoms with E-state index < -0.39 is 18.2 Å². The average Bonchev–Trinajstić information content (AvgIpc) is 0.592. The van der Waals surface area contributed by atoms with E-state index >= 15 is 0 Å². The molecule has 0 bridgehead atoms. The van der Waals surface area contributed by atoms with E-state index in [0.29, 0.717) is 0 Å². The summed E-state index contributed by atoms with van der Waals surface area (Å²) in [5.41, 5.74) is 0. The van der Waals surface area contributed by atoms with Crippen molar-refractivity contribution < 1.29 is 38.8 Å². The van der Waals surface area contributed by atoms with Gasteiger partial charge in [-0.05, 0) is 0 Å². The average molecular weight is 224 g/mol. The van der Waals surface area contributed by atoms with Crippen molar-refractivity contribution >= 4 is 0 Å². The normalized spacial score (nSPS) is 23.1. The Morgan fingerprint density at radius 1 is 0.857 bits per heavy atom. The Hall–Kier alpha value is 0.490. The van der Waals surface area contributed by atoms with E-state index in [0.717, 1.165) is 0 Å². The van der Waals surface area contributed by atoms with Crippen LogP contribution in [0.25, 0.3) is 0 Å². The summed E-state index contributed by atoms with van der Waals surface area (Å²) in [6.45, 7) is 0. The van der Waals surface area contributed by atoms with Crippen LogP contribution in [0, 0.1) is 0 Å². The molecule has 7 heteroatoms. The monoisotopic (exact) mass is 224 g/mol. The molecule has 0 aliphatic rings. The van der Waals surface area contributed by atoms with Crippen LogP contribution < -0.4 is 35.3 Å². The van der Waals surface area contributed by atoms with Crippen LogP contribution in [-0.4, -0.2) is 3.44 Å². The van der Waals surface area contributed by atoms with Crippen molar-refractivity contribution in [2.24, 2.45) is 0 Å². The molecule has 0 aromatic rings. The van der Waals surface area contributed by atoms with Crippen LogP contribution in [0.1, 0.15) is 0 Å². The number of rotatable bonds is 0. The van der Waals surface area contributed by atoms with Crippen molar-refractivity contribution in [1.82, 2.24) is 0 Å². The molecule has 7 heavy (non-hydrogen) atoms. The van der Waals surface area contributed by atoms with E-state index in [1.54, 1.807) is 0 Å². The molecule has 0 spiro atoms. The Balaban J connectivity index is 4.43. The van der Waals surface area contributed by atoms with E-state index in [9.17, 15) is 0 Å². The van der Waals surface area contributed by atoms with Crippen molar-refractivity contribution in [3.8, 4) is 0 Å². The van der Waals surface area contributed by atoms with E-state index in [2.05, 4.69) is 0 Å². The summed E-state index contributed by atoms with van der Waals surface area (Å²) >= 11 is -9.37. The Morgan fingerprint density at radius 2 is 0.857 bits per heavy atom. The van der Waals surface area contributed by atoms with Crippen molar-refractivity contribution in [3.63, 3.8) is 0 Å². The van der Waals surface area contributed by atoms with Crippen molar-refractivity contribution in [1.29, 1.82) is 0 Å². The quantitative estimate of drug-likeness (QED) is 0.405. The number of hydrogen-bond donors (Lipinski definition) is 1. The van der Waals surface area contributed by atoms with Crippen molar-refractivity contribution in [3.05, 3.63) is 0 Å². The third kappa shape index (κ3) is 545. The molecule has 6 nitrogen and oxygen atoms in total. The summed E-state index contributed by atoms with van der Waals surface area (Å²) < 4.78 is 50.7. The summed E-state index contributed by atoms with van der Waals surface area (Å²) in [5, 5.41) is 0. The van der Waals surface area contributed by atoms with Crippen molar-refractivity contribution in [2.75, 3.05) is 0 Å². The second-order valence-corrected chi connectivity index (χ2v) is 6.54. The molecule has 0 radical (unpaired) electrons. The predicted octanol–water partition coefficient (Wildman–Crippen LogP) is -9.50. The van der Waals surface area contributed by atoms with Gasteiger partial charge in [0.05, 0.1) is 0 Å². The zero-order valence-corrected chi connectivity index (χ0v) is 5.02. The van der Waals surface area contributed by atoms with Gasteiger partial charge in [0.15, 0.2) is 0 Å². The first kappa shape index (κ1) is 7.49. The van der Waals surface area contributed by atoms with E-state index in [1.165, 1.54) is 0 Å². The molecule has 48 valence electrons. The molecule has 0 unspecified atom stereocenters. The molecule has 0 saturated heterocycles. The van der Waals surface area contributed by atoms with Crippen LogP contribution in [-0.2, 0) is 0 Å². The predicted molar refractivity (Wildman–Crippen MR) is 2.22 cm³/mol. The summed E-state index contributed by atoms with van der Waals surface area (Å²) in [4.78, 5) is 0. The van der Waals surface area contributed by atoms with Gasteiger partial charge in [-0.15, -0.1) is 0 Å². The summed E-state index contributed by atoms with van der Waals surface area (Å²) in [7, 11) is 0. The van der Waals surface area contributed by atoms with Gasteiger partial charge in [-0.25, -0.2) is 0 Å². The molecule has 1 N–H and O–H groups in total. The topological polar surface area (TPSA) is 136 Å². The first-order valence-electron chi connectivity index (χ1n) is 0.941. The minimum absolute atomic E-state index is 6.86. The zero-order valence-electron chi connectivity index (χ0n) is 2.87. The SMILES string of the molecule is [O-][I+]([O-])([O-])([O-])([O-])O. The Bertz CT molecular complexity index is 62.7. The Kier molecular flexibility index (Phi) is 0.872. The fourth-order valence-electron chi connectivity index (χ4n) is 0. The van der Waals surface area contributed by atoms with Gasteiger partial charge < -0.3 is 0 Å². The summed E-state index contributed by atoms with van der Waals surface area (Å²) in [6, 6.07) is 0. The van der Waals surface area contributed by atoms with Gasteiger partial charge in [0.2, 0.25) is 0 Å². The van der Waals surface area contributed by atoms with Gasteiger partial charge in [-0.2, -0.15) is 0 Å². The molecule has 0 aliphatic heterocycles. The van der Waals surface area contributed by atoms with Gasteiger partial charge in [-0.1, -0.05) is 0 Å². The molecular weight excluding hydrogens is 223 g/mol. The van der Waals surface area contributed by atoms with Crippen molar-refractivity contribution in [2.45, 2.75) is 0 Å². The first-order chi connectivity index (χ1) is 2.45. The van der Waals surface area contributed by atoms with Crippen LogP contribution in [0.5, 0.6) is 0 Å². The van der Waals surface area contributed by atoms with E-state index in [-0.39, 0.29) is 0 Å². The molecular formula is HIO6-4. The van der Waals surface area contributed by atoms with Gasteiger partial charge in [0.25, 0.3) is 0 Å². The molecule has 0 atom stereocenters. The molecule has 0 aliphatic carbocycles.